The highest BCUT2D eigenvalue weighted by Gasteiger charge is 2.28. The molecule has 1 aliphatic heterocycles. The summed E-state index contributed by atoms with van der Waals surface area (Å²) >= 11 is 0. The van der Waals surface area contributed by atoms with Gasteiger partial charge in [0.15, 0.2) is 5.82 Å². The minimum atomic E-state index is -3.57. The maximum absolute atomic E-state index is 12.7. The maximum Gasteiger partial charge on any atom is 0.343 e. The van der Waals surface area contributed by atoms with E-state index in [9.17, 15) is 18.0 Å². The molecule has 1 amide bonds. The topological polar surface area (TPSA) is 158 Å². The number of ether oxygens (including phenoxy) is 2. The van der Waals surface area contributed by atoms with Crippen LogP contribution in [-0.2, 0) is 26.0 Å². The van der Waals surface area contributed by atoms with Gasteiger partial charge in [-0.05, 0) is 50.7 Å². The second kappa shape index (κ2) is 14.5. The molecule has 0 fully saturated rings. The van der Waals surface area contributed by atoms with Crippen molar-refractivity contribution in [2.24, 2.45) is 0 Å². The lowest BCUT2D eigenvalue weighted by molar-refractivity contribution is -0.111. The summed E-state index contributed by atoms with van der Waals surface area (Å²) < 4.78 is 37.4. The Morgan fingerprint density at radius 2 is 1.85 bits per heavy atom. The Labute approximate surface area is 269 Å². The normalized spacial score (nSPS) is 12.6. The zero-order chi connectivity index (χ0) is 33.6. The Morgan fingerprint density at radius 3 is 2.50 bits per heavy atom. The Kier molecular flexibility index (Phi) is 10.7. The van der Waals surface area contributed by atoms with E-state index in [0.29, 0.717) is 60.1 Å². The Bertz CT molecular complexity index is 1730. The average molecular weight is 653 g/mol. The van der Waals surface area contributed by atoms with Crippen LogP contribution in [0, 0.1) is 0 Å². The van der Waals surface area contributed by atoms with E-state index in [1.807, 2.05) is 38.2 Å². The van der Waals surface area contributed by atoms with E-state index in [-0.39, 0.29) is 17.3 Å². The lowest BCUT2D eigenvalue weighted by atomic mass is 10.0. The van der Waals surface area contributed by atoms with Gasteiger partial charge in [-0.3, -0.25) is 9.10 Å². The molecule has 14 nitrogen and oxygen atoms in total. The summed E-state index contributed by atoms with van der Waals surface area (Å²) in [6.45, 7) is 5.34. The van der Waals surface area contributed by atoms with Crippen molar-refractivity contribution in [3.8, 4) is 5.75 Å². The van der Waals surface area contributed by atoms with Crippen LogP contribution in [-0.4, -0.2) is 96.4 Å². The molecule has 0 unspecified atom stereocenters. The summed E-state index contributed by atoms with van der Waals surface area (Å²) in [7, 11) is 5.06. The number of sulfonamides is 1. The number of carbonyl (C=O) groups excluding carboxylic acids is 2. The third kappa shape index (κ3) is 7.84. The second-order valence-corrected chi connectivity index (χ2v) is 12.8. The first-order chi connectivity index (χ1) is 21.9. The van der Waals surface area contributed by atoms with Crippen molar-refractivity contribution >= 4 is 62.1 Å². The lowest BCUT2D eigenvalue weighted by Gasteiger charge is -2.31. The molecule has 0 saturated carbocycles. The van der Waals surface area contributed by atoms with Crippen LogP contribution in [0.3, 0.4) is 0 Å². The number of hydrogen-bond acceptors (Lipinski definition) is 12. The summed E-state index contributed by atoms with van der Waals surface area (Å²) in [5.74, 6) is -0.447. The first kappa shape index (κ1) is 34.0. The molecule has 15 heteroatoms. The smallest absolute Gasteiger partial charge is 0.343 e. The van der Waals surface area contributed by atoms with E-state index >= 15 is 0 Å². The number of carbonyl (C=O) groups is 2. The van der Waals surface area contributed by atoms with Gasteiger partial charge in [-0.2, -0.15) is 4.98 Å². The van der Waals surface area contributed by atoms with Crippen LogP contribution in [0.2, 0.25) is 0 Å². The van der Waals surface area contributed by atoms with Gasteiger partial charge < -0.3 is 35.2 Å². The van der Waals surface area contributed by atoms with E-state index in [1.165, 1.54) is 30.8 Å². The minimum Gasteiger partial charge on any atom is -0.494 e. The molecule has 0 bridgehead atoms. The van der Waals surface area contributed by atoms with Crippen LogP contribution < -0.4 is 29.9 Å². The summed E-state index contributed by atoms with van der Waals surface area (Å²) in [5, 5.41) is 9.14. The molecule has 246 valence electrons. The van der Waals surface area contributed by atoms with E-state index in [4.69, 9.17) is 9.47 Å². The predicted molar refractivity (Wildman–Crippen MR) is 181 cm³/mol. The summed E-state index contributed by atoms with van der Waals surface area (Å²) in [6.07, 6.45) is 5.03. The number of aromatic nitrogens is 2. The van der Waals surface area contributed by atoms with Gasteiger partial charge in [-0.25, -0.2) is 18.2 Å². The third-order valence-electron chi connectivity index (χ3n) is 7.33. The lowest BCUT2D eigenvalue weighted by Crippen LogP contribution is -2.35. The van der Waals surface area contributed by atoms with Crippen molar-refractivity contribution in [1.82, 2.24) is 14.9 Å². The molecular weight excluding hydrogens is 612 g/mol. The highest BCUT2D eigenvalue weighted by Crippen LogP contribution is 2.40. The molecule has 2 aromatic carbocycles. The van der Waals surface area contributed by atoms with Gasteiger partial charge in [0.25, 0.3) is 0 Å². The highest BCUT2D eigenvalue weighted by molar-refractivity contribution is 7.92. The predicted octanol–water partition coefficient (Wildman–Crippen LogP) is 3.59. The largest absolute Gasteiger partial charge is 0.494 e. The Hall–Kier alpha value is -4.89. The van der Waals surface area contributed by atoms with Crippen molar-refractivity contribution in [3.05, 3.63) is 60.3 Å². The molecule has 1 aromatic heterocycles. The van der Waals surface area contributed by atoms with Crippen molar-refractivity contribution in [3.63, 3.8) is 0 Å². The van der Waals surface area contributed by atoms with E-state index in [2.05, 4.69) is 37.4 Å². The SMILES string of the molecule is C=CC(=O)Nc1cc(Nc2ncc(C(=O)OC)c(Nc3cccc4c3N(S(C)(=O)=O)CCC4)n2)c(OC)cc1N(C)CCN(C)C. The van der Waals surface area contributed by atoms with E-state index < -0.39 is 21.9 Å². The minimum absolute atomic E-state index is 0.0381. The van der Waals surface area contributed by atoms with Crippen LogP contribution in [0.4, 0.5) is 40.2 Å². The fourth-order valence-corrected chi connectivity index (χ4v) is 6.00. The monoisotopic (exact) mass is 652 g/mol. The van der Waals surface area contributed by atoms with Crippen LogP contribution in [0.5, 0.6) is 5.75 Å². The van der Waals surface area contributed by atoms with Crippen molar-refractivity contribution in [2.45, 2.75) is 12.8 Å². The number of likely N-dealkylation sites (N-methyl/N-ethyl adjacent to an activating group) is 2. The molecule has 3 N–H and O–H groups in total. The summed E-state index contributed by atoms with van der Waals surface area (Å²) in [5.41, 5.74) is 3.49. The molecule has 0 radical (unpaired) electrons. The second-order valence-electron chi connectivity index (χ2n) is 10.9. The number of amides is 1. The molecule has 1 aliphatic rings. The number of methoxy groups -OCH3 is 2. The summed E-state index contributed by atoms with van der Waals surface area (Å²) in [4.78, 5) is 38.0. The van der Waals surface area contributed by atoms with Gasteiger partial charge in [-0.1, -0.05) is 18.7 Å². The molecule has 46 heavy (non-hydrogen) atoms. The molecule has 0 atom stereocenters. The number of para-hydroxylation sites is 1. The van der Waals surface area contributed by atoms with E-state index in [0.717, 1.165) is 18.4 Å². The number of hydrogen-bond donors (Lipinski definition) is 3. The number of aryl methyl sites for hydroxylation is 1. The third-order valence-corrected chi connectivity index (χ3v) is 8.49. The molecule has 0 aliphatic carbocycles. The van der Waals surface area contributed by atoms with Crippen LogP contribution in [0.1, 0.15) is 22.3 Å². The number of benzene rings is 2. The Morgan fingerprint density at radius 1 is 1.09 bits per heavy atom. The number of esters is 1. The summed E-state index contributed by atoms with van der Waals surface area (Å²) in [6, 6.07) is 8.90. The van der Waals surface area contributed by atoms with Crippen LogP contribution >= 0.6 is 0 Å². The maximum atomic E-state index is 12.7. The average Bonchev–Trinajstić information content (AvgIpc) is 3.02. The van der Waals surface area contributed by atoms with Gasteiger partial charge >= 0.3 is 5.97 Å². The van der Waals surface area contributed by atoms with E-state index in [1.54, 1.807) is 18.2 Å². The fraction of sp³-hybridized carbons (Fsp3) is 0.355. The van der Waals surface area contributed by atoms with Crippen LogP contribution in [0.15, 0.2) is 49.2 Å². The molecule has 0 spiro atoms. The highest BCUT2D eigenvalue weighted by atomic mass is 32.2. The van der Waals surface area contributed by atoms with Gasteiger partial charge in [0, 0.05) is 38.9 Å². The molecule has 3 aromatic rings. The molecular formula is C31H40N8O6S. The molecule has 2 heterocycles. The van der Waals surface area contributed by atoms with Crippen molar-refractivity contribution in [2.75, 3.05) is 86.4 Å². The number of fused-ring (bicyclic) bond motifs is 1. The number of nitrogens with one attached hydrogen (secondary N) is 3. The first-order valence-corrected chi connectivity index (χ1v) is 16.3. The fourth-order valence-electron chi connectivity index (χ4n) is 5.00. The van der Waals surface area contributed by atoms with Gasteiger partial charge in [0.05, 0.1) is 48.9 Å². The number of nitrogens with zero attached hydrogens (tertiary/aromatic N) is 5. The van der Waals surface area contributed by atoms with Gasteiger partial charge in [0.2, 0.25) is 21.9 Å². The van der Waals surface area contributed by atoms with Crippen molar-refractivity contribution < 1.29 is 27.5 Å². The van der Waals surface area contributed by atoms with Gasteiger partial charge in [0.1, 0.15) is 11.3 Å². The quantitative estimate of drug-likeness (QED) is 0.182. The first-order valence-electron chi connectivity index (χ1n) is 14.5. The van der Waals surface area contributed by atoms with Gasteiger partial charge in [-0.15, -0.1) is 0 Å². The zero-order valence-electron chi connectivity index (χ0n) is 26.9. The molecule has 4 rings (SSSR count). The molecule has 0 saturated heterocycles. The zero-order valence-corrected chi connectivity index (χ0v) is 27.7. The standard InChI is InChI=1S/C31H40N8O6S/c1-8-27(40)33-23-17-24(26(44-5)18-25(23)38(4)16-15-37(2)3)35-31-32-19-21(30(41)45-6)29(36-31)34-22-13-9-11-20-12-10-14-39(28(20)22)46(7,42)43/h8-9,11,13,17-19H,1,10,12,14-16H2,2-7H3,(H,33,40)(H2,32,34,35,36). The number of anilines is 7. The van der Waals surface area contributed by atoms with Crippen molar-refractivity contribution in [1.29, 1.82) is 0 Å². The van der Waals surface area contributed by atoms with Crippen LogP contribution in [0.25, 0.3) is 0 Å². The Balaban J connectivity index is 1.77. The number of rotatable bonds is 13.